The highest BCUT2D eigenvalue weighted by Crippen LogP contribution is 2.27. The summed E-state index contributed by atoms with van der Waals surface area (Å²) in [6.45, 7) is 6.73. The van der Waals surface area contributed by atoms with E-state index < -0.39 is 6.04 Å². The Morgan fingerprint density at radius 1 is 1.31 bits per heavy atom. The second-order valence-corrected chi connectivity index (χ2v) is 7.02. The Morgan fingerprint density at radius 2 is 2.04 bits per heavy atom. The van der Waals surface area contributed by atoms with E-state index in [9.17, 15) is 9.59 Å². The number of aromatic nitrogens is 1. The number of benzene rings is 1. The molecule has 1 fully saturated rings. The van der Waals surface area contributed by atoms with E-state index in [1.54, 1.807) is 11.8 Å². The molecule has 1 aliphatic heterocycles. The van der Waals surface area contributed by atoms with Gasteiger partial charge >= 0.3 is 0 Å². The van der Waals surface area contributed by atoms with E-state index in [0.717, 1.165) is 12.0 Å². The van der Waals surface area contributed by atoms with Gasteiger partial charge in [0, 0.05) is 19.0 Å². The van der Waals surface area contributed by atoms with E-state index >= 15 is 0 Å². The number of likely N-dealkylation sites (tertiary alicyclic amines) is 1. The van der Waals surface area contributed by atoms with Gasteiger partial charge in [-0.25, -0.2) is 0 Å². The predicted octanol–water partition coefficient (Wildman–Crippen LogP) is 3.03. The van der Waals surface area contributed by atoms with Gasteiger partial charge in [-0.1, -0.05) is 49.3 Å². The van der Waals surface area contributed by atoms with Gasteiger partial charge < -0.3 is 14.7 Å². The average molecular weight is 355 g/mol. The lowest BCUT2D eigenvalue weighted by atomic mass is 10.0. The molecule has 2 aromatic rings. The summed E-state index contributed by atoms with van der Waals surface area (Å²) in [7, 11) is 0. The van der Waals surface area contributed by atoms with Crippen molar-refractivity contribution in [3.05, 3.63) is 52.9 Å². The summed E-state index contributed by atoms with van der Waals surface area (Å²) >= 11 is 0. The molecule has 2 heterocycles. The Morgan fingerprint density at radius 3 is 2.73 bits per heavy atom. The van der Waals surface area contributed by atoms with Crippen molar-refractivity contribution in [3.63, 3.8) is 0 Å². The molecule has 26 heavy (non-hydrogen) atoms. The van der Waals surface area contributed by atoms with Crippen molar-refractivity contribution in [1.29, 1.82) is 0 Å². The van der Waals surface area contributed by atoms with Crippen molar-refractivity contribution >= 4 is 11.8 Å². The summed E-state index contributed by atoms with van der Waals surface area (Å²) < 4.78 is 5.34. The van der Waals surface area contributed by atoms with E-state index in [2.05, 4.69) is 10.5 Å². The SMILES string of the molecule is Cc1noc(C(C)C)c1C(=O)N1CCCC1C(=O)NCc1ccccc1. The lowest BCUT2D eigenvalue weighted by Crippen LogP contribution is -2.46. The van der Waals surface area contributed by atoms with Crippen LogP contribution in [0.15, 0.2) is 34.9 Å². The minimum atomic E-state index is -0.444. The molecule has 1 aromatic carbocycles. The third-order valence-electron chi connectivity index (χ3n) is 4.75. The molecule has 138 valence electrons. The Labute approximate surface area is 153 Å². The first-order valence-electron chi connectivity index (χ1n) is 9.07. The molecule has 0 saturated carbocycles. The maximum absolute atomic E-state index is 13.1. The Bertz CT molecular complexity index is 783. The third kappa shape index (κ3) is 3.64. The number of hydrogen-bond donors (Lipinski definition) is 1. The van der Waals surface area contributed by atoms with Crippen LogP contribution in [0.1, 0.15) is 60.0 Å². The third-order valence-corrected chi connectivity index (χ3v) is 4.75. The molecule has 1 aromatic heterocycles. The summed E-state index contributed by atoms with van der Waals surface area (Å²) in [6.07, 6.45) is 1.49. The maximum atomic E-state index is 13.1. The average Bonchev–Trinajstić information content (AvgIpc) is 3.27. The van der Waals surface area contributed by atoms with Crippen LogP contribution in [0.5, 0.6) is 0 Å². The molecule has 0 radical (unpaired) electrons. The number of carbonyl (C=O) groups excluding carboxylic acids is 2. The molecular weight excluding hydrogens is 330 g/mol. The predicted molar refractivity (Wildman–Crippen MR) is 97.7 cm³/mol. The number of nitrogens with one attached hydrogen (secondary N) is 1. The summed E-state index contributed by atoms with van der Waals surface area (Å²) in [5.74, 6) is 0.371. The second kappa shape index (κ2) is 7.72. The Balaban J connectivity index is 1.72. The molecular formula is C20H25N3O3. The first kappa shape index (κ1) is 18.2. The van der Waals surface area contributed by atoms with Crippen LogP contribution in [-0.2, 0) is 11.3 Å². The molecule has 1 atom stereocenters. The van der Waals surface area contributed by atoms with Gasteiger partial charge in [-0.2, -0.15) is 0 Å². The van der Waals surface area contributed by atoms with E-state index in [-0.39, 0.29) is 17.7 Å². The van der Waals surface area contributed by atoms with Crippen LogP contribution in [0.2, 0.25) is 0 Å². The molecule has 0 bridgehead atoms. The molecule has 1 aliphatic rings. The molecule has 6 nitrogen and oxygen atoms in total. The van der Waals surface area contributed by atoms with Crippen molar-refractivity contribution in [3.8, 4) is 0 Å². The highest BCUT2D eigenvalue weighted by molar-refractivity contribution is 5.99. The fourth-order valence-electron chi connectivity index (χ4n) is 3.37. The lowest BCUT2D eigenvalue weighted by Gasteiger charge is -2.24. The van der Waals surface area contributed by atoms with Gasteiger partial charge in [0.15, 0.2) is 5.76 Å². The van der Waals surface area contributed by atoms with E-state index in [1.165, 1.54) is 0 Å². The number of carbonyl (C=O) groups is 2. The zero-order valence-electron chi connectivity index (χ0n) is 15.5. The monoisotopic (exact) mass is 355 g/mol. The van der Waals surface area contributed by atoms with Gasteiger partial charge in [0.25, 0.3) is 5.91 Å². The molecule has 6 heteroatoms. The van der Waals surface area contributed by atoms with E-state index in [1.807, 2.05) is 44.2 Å². The summed E-state index contributed by atoms with van der Waals surface area (Å²) in [4.78, 5) is 27.4. The molecule has 0 spiro atoms. The summed E-state index contributed by atoms with van der Waals surface area (Å²) in [6, 6.07) is 9.31. The van der Waals surface area contributed by atoms with Crippen LogP contribution in [0.4, 0.5) is 0 Å². The first-order valence-corrected chi connectivity index (χ1v) is 9.07. The molecule has 2 amide bonds. The number of aryl methyl sites for hydroxylation is 1. The normalized spacial score (nSPS) is 16.9. The second-order valence-electron chi connectivity index (χ2n) is 7.02. The lowest BCUT2D eigenvalue weighted by molar-refractivity contribution is -0.125. The van der Waals surface area contributed by atoms with Gasteiger partial charge in [0.1, 0.15) is 11.6 Å². The van der Waals surface area contributed by atoms with Crippen LogP contribution in [-0.4, -0.2) is 34.5 Å². The summed E-state index contributed by atoms with van der Waals surface area (Å²) in [5, 5.41) is 6.90. The van der Waals surface area contributed by atoms with Crippen LogP contribution < -0.4 is 5.32 Å². The number of nitrogens with zero attached hydrogens (tertiary/aromatic N) is 2. The fourth-order valence-corrected chi connectivity index (χ4v) is 3.37. The van der Waals surface area contributed by atoms with Gasteiger partial charge in [-0.05, 0) is 25.3 Å². The van der Waals surface area contributed by atoms with E-state index in [4.69, 9.17) is 4.52 Å². The fraction of sp³-hybridized carbons (Fsp3) is 0.450. The Hall–Kier alpha value is -2.63. The number of hydrogen-bond acceptors (Lipinski definition) is 4. The summed E-state index contributed by atoms with van der Waals surface area (Å²) in [5.41, 5.74) is 2.12. The zero-order chi connectivity index (χ0) is 18.7. The van der Waals surface area contributed by atoms with Crippen molar-refractivity contribution < 1.29 is 14.1 Å². The van der Waals surface area contributed by atoms with Crippen molar-refractivity contribution in [2.75, 3.05) is 6.54 Å². The molecule has 1 N–H and O–H groups in total. The quantitative estimate of drug-likeness (QED) is 0.894. The van der Waals surface area contributed by atoms with Crippen LogP contribution in [0, 0.1) is 6.92 Å². The van der Waals surface area contributed by atoms with E-state index in [0.29, 0.717) is 36.5 Å². The molecule has 0 aliphatic carbocycles. The van der Waals surface area contributed by atoms with Crippen LogP contribution in [0.3, 0.4) is 0 Å². The van der Waals surface area contributed by atoms with Gasteiger partial charge in [0.2, 0.25) is 5.91 Å². The molecule has 3 rings (SSSR count). The minimum absolute atomic E-state index is 0.0584. The van der Waals surface area contributed by atoms with Gasteiger partial charge in [-0.3, -0.25) is 9.59 Å². The standard InChI is InChI=1S/C20H25N3O3/c1-13(2)18-17(14(3)22-26-18)20(25)23-11-7-10-16(23)19(24)21-12-15-8-5-4-6-9-15/h4-6,8-9,13,16H,7,10-12H2,1-3H3,(H,21,24). The van der Waals surface area contributed by atoms with Gasteiger partial charge in [0.05, 0.1) is 5.69 Å². The topological polar surface area (TPSA) is 75.4 Å². The molecule has 1 unspecified atom stereocenters. The maximum Gasteiger partial charge on any atom is 0.260 e. The molecule has 1 saturated heterocycles. The largest absolute Gasteiger partial charge is 0.360 e. The van der Waals surface area contributed by atoms with Crippen LogP contribution >= 0.6 is 0 Å². The van der Waals surface area contributed by atoms with Gasteiger partial charge in [-0.15, -0.1) is 0 Å². The number of rotatable bonds is 5. The zero-order valence-corrected chi connectivity index (χ0v) is 15.5. The van der Waals surface area contributed by atoms with Crippen molar-refractivity contribution in [2.24, 2.45) is 0 Å². The van der Waals surface area contributed by atoms with Crippen LogP contribution in [0.25, 0.3) is 0 Å². The smallest absolute Gasteiger partial charge is 0.260 e. The van der Waals surface area contributed by atoms with Crippen molar-refractivity contribution in [1.82, 2.24) is 15.4 Å². The van der Waals surface area contributed by atoms with Crippen molar-refractivity contribution in [2.45, 2.75) is 52.1 Å². The highest BCUT2D eigenvalue weighted by Gasteiger charge is 2.37. The highest BCUT2D eigenvalue weighted by atomic mass is 16.5. The first-order chi connectivity index (χ1) is 12.5. The minimum Gasteiger partial charge on any atom is -0.360 e. The Kier molecular flexibility index (Phi) is 5.40. The number of amides is 2.